The Morgan fingerprint density at radius 2 is 2.14 bits per heavy atom. The van der Waals surface area contributed by atoms with Crippen LogP contribution < -0.4 is 4.72 Å². The van der Waals surface area contributed by atoms with Crippen LogP contribution in [0.15, 0.2) is 24.3 Å². The summed E-state index contributed by atoms with van der Waals surface area (Å²) in [4.78, 5) is 10.5. The van der Waals surface area contributed by atoms with Gasteiger partial charge in [0, 0.05) is 18.4 Å². The number of ether oxygens (including phenoxy) is 1. The summed E-state index contributed by atoms with van der Waals surface area (Å²) < 4.78 is 31.1. The average Bonchev–Trinajstić information content (AvgIpc) is 2.39. The zero-order valence-corrected chi connectivity index (χ0v) is 12.8. The molecular weight excluding hydrogens is 294 g/mol. The van der Waals surface area contributed by atoms with Gasteiger partial charge in [-0.1, -0.05) is 6.07 Å². The van der Waals surface area contributed by atoms with Gasteiger partial charge in [0.1, 0.15) is 0 Å². The molecule has 0 heterocycles. The van der Waals surface area contributed by atoms with Crippen LogP contribution in [0.4, 0.5) is 5.69 Å². The first-order valence-corrected chi connectivity index (χ1v) is 8.09. The van der Waals surface area contributed by atoms with E-state index in [0.29, 0.717) is 17.9 Å². The van der Waals surface area contributed by atoms with Crippen molar-refractivity contribution in [1.29, 1.82) is 0 Å². The second-order valence-electron chi connectivity index (χ2n) is 4.36. The van der Waals surface area contributed by atoms with Gasteiger partial charge in [0.05, 0.1) is 12.4 Å². The molecule has 0 aliphatic rings. The van der Waals surface area contributed by atoms with Crippen molar-refractivity contribution in [1.82, 2.24) is 0 Å². The normalized spacial score (nSPS) is 11.7. The van der Waals surface area contributed by atoms with Gasteiger partial charge in [-0.15, -0.1) is 0 Å². The van der Waals surface area contributed by atoms with Crippen LogP contribution >= 0.6 is 0 Å². The molecule has 1 aromatic rings. The fourth-order valence-corrected chi connectivity index (χ4v) is 2.51. The molecule has 0 aliphatic carbocycles. The standard InChI is InChI=1S/C14H19NO5S/c1-3-20-8-9-21(18,19)15-13-6-4-11(2)12(10-13)5-7-14(16)17/h4-7,10,15H,3,8-9H2,1-2H3,(H,16,17). The van der Waals surface area contributed by atoms with Crippen molar-refractivity contribution >= 4 is 27.8 Å². The highest BCUT2D eigenvalue weighted by atomic mass is 32.2. The SMILES string of the molecule is CCOCCS(=O)(=O)Nc1ccc(C)c(C=CC(=O)O)c1. The van der Waals surface area contributed by atoms with Gasteiger partial charge < -0.3 is 9.84 Å². The Hall–Kier alpha value is -1.86. The summed E-state index contributed by atoms with van der Waals surface area (Å²) in [5.41, 5.74) is 1.88. The third-order valence-electron chi connectivity index (χ3n) is 2.66. The molecule has 0 bridgehead atoms. The highest BCUT2D eigenvalue weighted by Gasteiger charge is 2.10. The number of nitrogens with one attached hydrogen (secondary N) is 1. The van der Waals surface area contributed by atoms with E-state index in [9.17, 15) is 13.2 Å². The topological polar surface area (TPSA) is 92.7 Å². The van der Waals surface area contributed by atoms with Crippen LogP contribution in [0.1, 0.15) is 18.1 Å². The lowest BCUT2D eigenvalue weighted by molar-refractivity contribution is -0.131. The van der Waals surface area contributed by atoms with Crippen LogP contribution in [-0.4, -0.2) is 38.5 Å². The second kappa shape index (κ2) is 7.80. The molecule has 0 aromatic heterocycles. The number of anilines is 1. The lowest BCUT2D eigenvalue weighted by Gasteiger charge is -2.10. The number of benzene rings is 1. The van der Waals surface area contributed by atoms with Crippen LogP contribution in [0.2, 0.25) is 0 Å². The summed E-state index contributed by atoms with van der Waals surface area (Å²) in [7, 11) is -3.48. The van der Waals surface area contributed by atoms with E-state index in [0.717, 1.165) is 11.6 Å². The van der Waals surface area contributed by atoms with Gasteiger partial charge in [-0.3, -0.25) is 4.72 Å². The summed E-state index contributed by atoms with van der Waals surface area (Å²) in [6.45, 7) is 4.20. The quantitative estimate of drug-likeness (QED) is 0.564. The maximum Gasteiger partial charge on any atom is 0.328 e. The Kier molecular flexibility index (Phi) is 6.39. The van der Waals surface area contributed by atoms with Gasteiger partial charge in [0.25, 0.3) is 0 Å². The Bertz CT molecular complexity index is 622. The number of sulfonamides is 1. The Labute approximate surface area is 124 Å². The fourth-order valence-electron chi connectivity index (χ4n) is 1.59. The van der Waals surface area contributed by atoms with Crippen LogP contribution in [0, 0.1) is 6.92 Å². The van der Waals surface area contributed by atoms with Gasteiger partial charge in [0.2, 0.25) is 10.0 Å². The van der Waals surface area contributed by atoms with Crippen LogP contribution in [0.3, 0.4) is 0 Å². The molecular formula is C14H19NO5S. The monoisotopic (exact) mass is 313 g/mol. The van der Waals surface area contributed by atoms with E-state index in [1.807, 2.05) is 6.92 Å². The number of hydrogen-bond acceptors (Lipinski definition) is 4. The van der Waals surface area contributed by atoms with Gasteiger partial charge in [-0.05, 0) is 43.2 Å². The predicted octanol–water partition coefficient (Wildman–Crippen LogP) is 1.87. The molecule has 6 nitrogen and oxygen atoms in total. The van der Waals surface area contributed by atoms with Crippen molar-refractivity contribution in [2.75, 3.05) is 23.7 Å². The summed E-state index contributed by atoms with van der Waals surface area (Å²) in [6.07, 6.45) is 2.44. The molecule has 21 heavy (non-hydrogen) atoms. The van der Waals surface area contributed by atoms with Gasteiger partial charge in [-0.25, -0.2) is 13.2 Å². The predicted molar refractivity (Wildman–Crippen MR) is 81.8 cm³/mol. The fraction of sp³-hybridized carbons (Fsp3) is 0.357. The van der Waals surface area contributed by atoms with Crippen molar-refractivity contribution in [3.05, 3.63) is 35.4 Å². The number of aryl methyl sites for hydroxylation is 1. The number of carboxylic acids is 1. The molecule has 1 rings (SSSR count). The summed E-state index contributed by atoms with van der Waals surface area (Å²) in [5.74, 6) is -1.19. The van der Waals surface area contributed by atoms with E-state index >= 15 is 0 Å². The van der Waals surface area contributed by atoms with Gasteiger partial charge in [0.15, 0.2) is 0 Å². The molecule has 0 atom stereocenters. The van der Waals surface area contributed by atoms with E-state index in [2.05, 4.69) is 4.72 Å². The molecule has 0 aliphatic heterocycles. The summed E-state index contributed by atoms with van der Waals surface area (Å²) >= 11 is 0. The van der Waals surface area contributed by atoms with E-state index < -0.39 is 16.0 Å². The molecule has 0 saturated carbocycles. The van der Waals surface area contributed by atoms with E-state index in [-0.39, 0.29) is 12.4 Å². The lowest BCUT2D eigenvalue weighted by Crippen LogP contribution is -2.20. The number of hydrogen-bond donors (Lipinski definition) is 2. The Morgan fingerprint density at radius 3 is 2.76 bits per heavy atom. The molecule has 7 heteroatoms. The molecule has 0 unspecified atom stereocenters. The molecule has 0 radical (unpaired) electrons. The molecule has 116 valence electrons. The first kappa shape index (κ1) is 17.2. The third-order valence-corrected chi connectivity index (χ3v) is 3.91. The van der Waals surface area contributed by atoms with Crippen LogP contribution in [0.25, 0.3) is 6.08 Å². The van der Waals surface area contributed by atoms with Crippen LogP contribution in [0.5, 0.6) is 0 Å². The number of rotatable bonds is 8. The third kappa shape index (κ3) is 6.42. The first-order valence-electron chi connectivity index (χ1n) is 6.44. The minimum Gasteiger partial charge on any atom is -0.478 e. The molecule has 0 saturated heterocycles. The first-order chi connectivity index (χ1) is 9.84. The number of carbonyl (C=O) groups is 1. The van der Waals surface area contributed by atoms with Gasteiger partial charge in [-0.2, -0.15) is 0 Å². The molecule has 1 aromatic carbocycles. The lowest BCUT2D eigenvalue weighted by atomic mass is 10.1. The maximum absolute atomic E-state index is 11.8. The van der Waals surface area contributed by atoms with Crippen molar-refractivity contribution in [2.24, 2.45) is 0 Å². The van der Waals surface area contributed by atoms with Crippen molar-refractivity contribution in [3.8, 4) is 0 Å². The number of carboxylic acid groups (broad SMARTS) is 1. The maximum atomic E-state index is 11.8. The zero-order valence-electron chi connectivity index (χ0n) is 12.0. The van der Waals surface area contributed by atoms with Crippen LogP contribution in [-0.2, 0) is 19.6 Å². The Morgan fingerprint density at radius 1 is 1.43 bits per heavy atom. The molecule has 0 spiro atoms. The van der Waals surface area contributed by atoms with E-state index in [4.69, 9.17) is 9.84 Å². The van der Waals surface area contributed by atoms with Gasteiger partial charge >= 0.3 is 5.97 Å². The molecule has 2 N–H and O–H groups in total. The van der Waals surface area contributed by atoms with Crippen molar-refractivity contribution < 1.29 is 23.1 Å². The Balaban J connectivity index is 2.85. The second-order valence-corrected chi connectivity index (χ2v) is 6.20. The van der Waals surface area contributed by atoms with Crippen molar-refractivity contribution in [3.63, 3.8) is 0 Å². The molecule has 0 amide bonds. The largest absolute Gasteiger partial charge is 0.478 e. The minimum atomic E-state index is -3.48. The average molecular weight is 313 g/mol. The highest BCUT2D eigenvalue weighted by molar-refractivity contribution is 7.92. The summed E-state index contributed by atoms with van der Waals surface area (Å²) in [5, 5.41) is 8.63. The van der Waals surface area contributed by atoms with Crippen molar-refractivity contribution in [2.45, 2.75) is 13.8 Å². The smallest absolute Gasteiger partial charge is 0.328 e. The summed E-state index contributed by atoms with van der Waals surface area (Å²) in [6, 6.07) is 4.95. The highest BCUT2D eigenvalue weighted by Crippen LogP contribution is 2.18. The molecule has 0 fully saturated rings. The number of aliphatic carboxylic acids is 1. The minimum absolute atomic E-state index is 0.128. The van der Waals surface area contributed by atoms with E-state index in [1.54, 1.807) is 25.1 Å². The van der Waals surface area contributed by atoms with E-state index in [1.165, 1.54) is 6.08 Å². The zero-order chi connectivity index (χ0) is 15.9.